The van der Waals surface area contributed by atoms with E-state index in [1.54, 1.807) is 54.6 Å². The number of alkyl halides is 3. The van der Waals surface area contributed by atoms with Gasteiger partial charge in [-0.15, -0.1) is 0 Å². The topological polar surface area (TPSA) is 236 Å². The normalized spacial score (nSPS) is 19.0. The summed E-state index contributed by atoms with van der Waals surface area (Å²) in [6.07, 6.45) is 1.66. The Morgan fingerprint density at radius 3 is 2.14 bits per heavy atom. The zero-order valence-corrected chi connectivity index (χ0v) is 40.2. The number of nitrogens with one attached hydrogen (secondary N) is 2. The molecular formula is C46H45F3N4O12S4. The monoisotopic (exact) mass is 1030 g/mol. The number of benzene rings is 5. The second-order valence-electron chi connectivity index (χ2n) is 17.5. The number of halogens is 3. The number of esters is 1. The van der Waals surface area contributed by atoms with E-state index in [0.29, 0.717) is 56.3 Å². The molecule has 0 radical (unpaired) electrons. The third-order valence-electron chi connectivity index (χ3n) is 12.1. The van der Waals surface area contributed by atoms with Gasteiger partial charge >= 0.3 is 21.5 Å². The quantitative estimate of drug-likeness (QED) is 0.0529. The number of sulfonamides is 3. The molecule has 4 aromatic rings. The molecule has 366 valence electrons. The van der Waals surface area contributed by atoms with Crippen molar-refractivity contribution in [3.8, 4) is 22.5 Å². The van der Waals surface area contributed by atoms with E-state index in [1.165, 1.54) is 34.6 Å². The number of ether oxygens (including phenoxy) is 1. The number of carbonyl (C=O) groups is 1. The highest BCUT2D eigenvalue weighted by molar-refractivity contribution is 8.05. The number of rotatable bonds is 14. The van der Waals surface area contributed by atoms with Crippen LogP contribution in [0, 0.1) is 17.3 Å². The summed E-state index contributed by atoms with van der Waals surface area (Å²) in [6.45, 7) is 6.37. The minimum Gasteiger partial charge on any atom is -0.462 e. The van der Waals surface area contributed by atoms with Gasteiger partial charge in [0.15, 0.2) is 0 Å². The first kappa shape index (κ1) is 49.7. The lowest BCUT2D eigenvalue weighted by molar-refractivity contribution is -0.158. The third kappa shape index (κ3) is 10.3. The van der Waals surface area contributed by atoms with Crippen LogP contribution < -0.4 is 14.8 Å². The van der Waals surface area contributed by atoms with Crippen LogP contribution in [0.5, 0.6) is 0 Å². The first-order valence-corrected chi connectivity index (χ1v) is 27.3. The summed E-state index contributed by atoms with van der Waals surface area (Å²) in [5.41, 5.74) is -4.11. The van der Waals surface area contributed by atoms with Crippen LogP contribution in [0.3, 0.4) is 0 Å². The lowest BCUT2D eigenvalue weighted by Gasteiger charge is -2.32. The average Bonchev–Trinajstić information content (AvgIpc) is 3.93. The van der Waals surface area contributed by atoms with Gasteiger partial charge in [-0.2, -0.15) is 25.9 Å². The second kappa shape index (κ2) is 18.2. The smallest absolute Gasteiger partial charge is 0.462 e. The second-order valence-corrected chi connectivity index (χ2v) is 24.4. The van der Waals surface area contributed by atoms with Crippen molar-refractivity contribution in [2.75, 3.05) is 18.4 Å². The molecule has 1 saturated carbocycles. The van der Waals surface area contributed by atoms with Gasteiger partial charge in [-0.25, -0.2) is 30.2 Å². The van der Waals surface area contributed by atoms with E-state index in [1.807, 2.05) is 6.92 Å². The molecule has 69 heavy (non-hydrogen) atoms. The predicted octanol–water partition coefficient (Wildman–Crippen LogP) is 8.32. The first-order valence-electron chi connectivity index (χ1n) is 21.4. The first-order chi connectivity index (χ1) is 32.3. The zero-order chi connectivity index (χ0) is 49.9. The van der Waals surface area contributed by atoms with E-state index in [-0.39, 0.29) is 57.2 Å². The fourth-order valence-electron chi connectivity index (χ4n) is 8.67. The lowest BCUT2D eigenvalue weighted by atomic mass is 9.92. The van der Waals surface area contributed by atoms with E-state index in [0.717, 1.165) is 37.1 Å². The Labute approximate surface area is 396 Å². The molecule has 4 aliphatic rings. The molecule has 2 aliphatic heterocycles. The van der Waals surface area contributed by atoms with Crippen LogP contribution in [-0.2, 0) is 49.7 Å². The maximum Gasteiger partial charge on any atom is 0.512 e. The van der Waals surface area contributed by atoms with E-state index in [4.69, 9.17) is 9.15 Å². The molecule has 0 spiro atoms. The molecule has 3 N–H and O–H groups in total. The molecule has 0 aromatic heterocycles. The number of anilines is 2. The molecule has 2 aliphatic carbocycles. The van der Waals surface area contributed by atoms with Gasteiger partial charge in [0.05, 0.1) is 31.1 Å². The lowest BCUT2D eigenvalue weighted by Crippen LogP contribution is -2.42. The third-order valence-corrected chi connectivity index (χ3v) is 18.2. The van der Waals surface area contributed by atoms with Gasteiger partial charge in [-0.05, 0) is 110 Å². The van der Waals surface area contributed by atoms with E-state index < -0.39 is 62.1 Å². The summed E-state index contributed by atoms with van der Waals surface area (Å²) in [7, 11) is -20.1. The number of nitrogens with zero attached hydrogens (tertiary/aromatic N) is 2. The molecule has 2 heterocycles. The molecule has 8 rings (SSSR count). The number of hydrogen-bond acceptors (Lipinski definition) is 13. The van der Waals surface area contributed by atoms with Crippen molar-refractivity contribution >= 4 is 74.2 Å². The van der Waals surface area contributed by atoms with Gasteiger partial charge in [-0.3, -0.25) is 9.35 Å². The number of carbonyl (C=O) groups excluding carboxylic acids is 1. The number of fused-ring (bicyclic) bond motifs is 2. The summed E-state index contributed by atoms with van der Waals surface area (Å²) in [5, 5.41) is 3.79. The molecule has 2 fully saturated rings. The summed E-state index contributed by atoms with van der Waals surface area (Å²) in [5.74, 6) is 0.496. The van der Waals surface area contributed by atoms with Crippen molar-refractivity contribution in [2.45, 2.75) is 72.8 Å². The van der Waals surface area contributed by atoms with Crippen molar-refractivity contribution in [1.29, 1.82) is 0 Å². The number of piperidine rings is 1. The van der Waals surface area contributed by atoms with Crippen LogP contribution in [-0.4, -0.2) is 73.2 Å². The van der Waals surface area contributed by atoms with Crippen LogP contribution in [0.4, 0.5) is 30.2 Å². The van der Waals surface area contributed by atoms with Gasteiger partial charge in [0.1, 0.15) is 17.4 Å². The predicted molar refractivity (Wildman–Crippen MR) is 248 cm³/mol. The standard InChI is InChI=1S/C46H45F3N4O12S4/c1-28(2)26-45(27-29(45)3)44(54)64-34-19-21-53(22-20-34)67(57,58)42-10-5-4-9-39(42)43-37-17-13-32(50-30-11-15-35(16-12-30)66(55,56)52-69(62,63)46(47,48)49)24-40(37)65-41-25-33(14-18-38(41)43)51-31-7-6-8-36(23-31)68(59,60)61/h4-18,23-25,28-29,34,51-52H,19-22,26-27H2,1-3H3,(H,59,60,61). The Kier molecular flexibility index (Phi) is 13.1. The molecule has 2 atom stereocenters. The minimum atomic E-state index is -6.24. The molecule has 2 unspecified atom stereocenters. The number of hydrogen-bond donors (Lipinski definition) is 3. The maximum absolute atomic E-state index is 14.7. The Balaban J connectivity index is 1.16. The summed E-state index contributed by atoms with van der Waals surface area (Å²) in [4.78, 5) is 16.7. The van der Waals surface area contributed by atoms with Gasteiger partial charge in [0.2, 0.25) is 10.0 Å². The van der Waals surface area contributed by atoms with E-state index >= 15 is 0 Å². The molecule has 0 bridgehead atoms. The van der Waals surface area contributed by atoms with Gasteiger partial charge in [0, 0.05) is 58.7 Å². The summed E-state index contributed by atoms with van der Waals surface area (Å²) in [6, 6.07) is 25.6. The van der Waals surface area contributed by atoms with Gasteiger partial charge in [-0.1, -0.05) is 49.2 Å². The van der Waals surface area contributed by atoms with Crippen molar-refractivity contribution in [1.82, 2.24) is 8.43 Å². The van der Waals surface area contributed by atoms with E-state index in [2.05, 4.69) is 24.2 Å². The molecular weight excluding hydrogens is 986 g/mol. The van der Waals surface area contributed by atoms with Gasteiger partial charge in [0.25, 0.3) is 20.1 Å². The van der Waals surface area contributed by atoms with Crippen LogP contribution in [0.25, 0.3) is 33.4 Å². The Morgan fingerprint density at radius 2 is 1.51 bits per heavy atom. The van der Waals surface area contributed by atoms with E-state index in [9.17, 15) is 56.2 Å². The minimum absolute atomic E-state index is 0.0116. The Bertz CT molecular complexity index is 3490. The summed E-state index contributed by atoms with van der Waals surface area (Å²) < 4.78 is 164. The SMILES string of the molecule is CC(C)CC1(C(=O)OC2CCN(S(=O)(=O)c3ccccc3-c3c4ccc(=Nc5ccc(S(=O)(=O)NS(=O)(=O)C(F)(F)F)cc5)cc-4oc4cc(Nc5cccc(S(=O)(=O)O)c5)ccc34)CC2)CC1C. The van der Waals surface area contributed by atoms with Crippen molar-refractivity contribution in [3.63, 3.8) is 0 Å². The highest BCUT2D eigenvalue weighted by Gasteiger charge is 2.59. The Morgan fingerprint density at radius 1 is 0.841 bits per heavy atom. The van der Waals surface area contributed by atoms with Crippen LogP contribution in [0.15, 0.2) is 133 Å². The van der Waals surface area contributed by atoms with Gasteiger partial charge < -0.3 is 14.5 Å². The molecule has 16 nitrogen and oxygen atoms in total. The highest BCUT2D eigenvalue weighted by Crippen LogP contribution is 2.57. The maximum atomic E-state index is 14.7. The van der Waals surface area contributed by atoms with Crippen LogP contribution >= 0.6 is 0 Å². The van der Waals surface area contributed by atoms with Crippen LogP contribution in [0.1, 0.15) is 46.5 Å². The fourth-order valence-corrected chi connectivity index (χ4v) is 13.3. The fraction of sp³-hybridized carbons (Fsp3) is 0.304. The largest absolute Gasteiger partial charge is 0.512 e. The average molecular weight is 1030 g/mol. The summed E-state index contributed by atoms with van der Waals surface area (Å²) >= 11 is 0. The van der Waals surface area contributed by atoms with Crippen LogP contribution in [0.2, 0.25) is 0 Å². The molecule has 0 amide bonds. The van der Waals surface area contributed by atoms with Crippen molar-refractivity contribution in [3.05, 3.63) is 115 Å². The molecule has 1 saturated heterocycles. The van der Waals surface area contributed by atoms with Crippen molar-refractivity contribution in [2.24, 2.45) is 22.2 Å². The highest BCUT2D eigenvalue weighted by atomic mass is 32.3. The molecule has 23 heteroatoms. The Hall–Kier alpha value is -5.69. The zero-order valence-electron chi connectivity index (χ0n) is 37.0. The molecule has 4 aromatic carbocycles. The van der Waals surface area contributed by atoms with Crippen molar-refractivity contribution < 1.29 is 65.3 Å².